The minimum absolute atomic E-state index is 0.887. The second-order valence-electron chi connectivity index (χ2n) is 1.84. The standard InChI is InChI=1S/C7H13N/c1-4-5-6-8-7(2)3/h6H,2,4-5H2,1,3H3/b8-6-. The van der Waals surface area contributed by atoms with Crippen LogP contribution in [0.25, 0.3) is 0 Å². The Morgan fingerprint density at radius 3 is 2.75 bits per heavy atom. The predicted octanol–water partition coefficient (Wildman–Crippen LogP) is 2.39. The monoisotopic (exact) mass is 111 g/mol. The molecule has 0 heterocycles. The highest BCUT2D eigenvalue weighted by Gasteiger charge is 1.73. The summed E-state index contributed by atoms with van der Waals surface area (Å²) < 4.78 is 0. The molecule has 0 rings (SSSR count). The van der Waals surface area contributed by atoms with Gasteiger partial charge in [0, 0.05) is 11.9 Å². The number of rotatable bonds is 3. The van der Waals surface area contributed by atoms with Crippen LogP contribution in [0, 0.1) is 0 Å². The molecule has 0 aromatic carbocycles. The third-order valence-corrected chi connectivity index (χ3v) is 0.729. The molecule has 0 N–H and O–H groups in total. The first-order valence-electron chi connectivity index (χ1n) is 2.95. The van der Waals surface area contributed by atoms with Gasteiger partial charge in [-0.25, -0.2) is 0 Å². The van der Waals surface area contributed by atoms with Crippen LogP contribution in [0.4, 0.5) is 0 Å². The maximum atomic E-state index is 3.99. The van der Waals surface area contributed by atoms with Crippen LogP contribution in [-0.2, 0) is 0 Å². The molecule has 0 aliphatic rings. The van der Waals surface area contributed by atoms with Crippen LogP contribution in [0.2, 0.25) is 0 Å². The lowest BCUT2D eigenvalue weighted by Crippen LogP contribution is -1.71. The van der Waals surface area contributed by atoms with E-state index in [1.54, 1.807) is 0 Å². The zero-order chi connectivity index (χ0) is 6.41. The minimum Gasteiger partial charge on any atom is -0.267 e. The Kier molecular flexibility index (Phi) is 4.23. The molecule has 0 unspecified atom stereocenters. The molecular formula is C7H13N. The topological polar surface area (TPSA) is 12.4 Å². The molecule has 0 aromatic rings. The lowest BCUT2D eigenvalue weighted by Gasteiger charge is -1.83. The van der Waals surface area contributed by atoms with Crippen molar-refractivity contribution in [2.75, 3.05) is 0 Å². The summed E-state index contributed by atoms with van der Waals surface area (Å²) in [5.41, 5.74) is 0.887. The Morgan fingerprint density at radius 1 is 1.75 bits per heavy atom. The number of nitrogens with zero attached hydrogens (tertiary/aromatic N) is 1. The fourth-order valence-electron chi connectivity index (χ4n) is 0.349. The molecule has 0 aliphatic carbocycles. The Balaban J connectivity index is 3.20. The van der Waals surface area contributed by atoms with Crippen molar-refractivity contribution in [3.05, 3.63) is 12.3 Å². The molecule has 0 atom stereocenters. The highest BCUT2D eigenvalue weighted by atomic mass is 14.7. The van der Waals surface area contributed by atoms with Gasteiger partial charge >= 0.3 is 0 Å². The van der Waals surface area contributed by atoms with E-state index in [1.807, 2.05) is 13.1 Å². The molecule has 0 fully saturated rings. The lowest BCUT2D eigenvalue weighted by atomic mass is 10.4. The minimum atomic E-state index is 0.887. The number of hydrogen-bond donors (Lipinski definition) is 0. The van der Waals surface area contributed by atoms with E-state index in [4.69, 9.17) is 0 Å². The highest BCUT2D eigenvalue weighted by molar-refractivity contribution is 5.58. The Morgan fingerprint density at radius 2 is 2.38 bits per heavy atom. The van der Waals surface area contributed by atoms with Crippen molar-refractivity contribution < 1.29 is 0 Å². The summed E-state index contributed by atoms with van der Waals surface area (Å²) in [6, 6.07) is 0. The molecule has 8 heavy (non-hydrogen) atoms. The highest BCUT2D eigenvalue weighted by Crippen LogP contribution is 1.88. The molecular weight excluding hydrogens is 98.1 g/mol. The van der Waals surface area contributed by atoms with E-state index in [-0.39, 0.29) is 0 Å². The van der Waals surface area contributed by atoms with Crippen LogP contribution in [0.15, 0.2) is 17.3 Å². The van der Waals surface area contributed by atoms with E-state index in [9.17, 15) is 0 Å². The van der Waals surface area contributed by atoms with Crippen LogP contribution in [0.3, 0.4) is 0 Å². The molecule has 1 heteroatoms. The summed E-state index contributed by atoms with van der Waals surface area (Å²) in [5, 5.41) is 0. The Hall–Kier alpha value is -0.590. The molecule has 46 valence electrons. The fourth-order valence-corrected chi connectivity index (χ4v) is 0.349. The molecule has 0 amide bonds. The van der Waals surface area contributed by atoms with Gasteiger partial charge in [-0.15, -0.1) is 0 Å². The molecule has 0 radical (unpaired) electrons. The number of aliphatic imine (C=N–C) groups is 1. The molecule has 0 bridgehead atoms. The maximum absolute atomic E-state index is 3.99. The van der Waals surface area contributed by atoms with Crippen molar-refractivity contribution in [1.82, 2.24) is 0 Å². The van der Waals surface area contributed by atoms with E-state index < -0.39 is 0 Å². The third-order valence-electron chi connectivity index (χ3n) is 0.729. The van der Waals surface area contributed by atoms with Gasteiger partial charge in [0.15, 0.2) is 0 Å². The first kappa shape index (κ1) is 7.41. The smallest absolute Gasteiger partial charge is 0.0297 e. The summed E-state index contributed by atoms with van der Waals surface area (Å²) in [6.07, 6.45) is 4.13. The van der Waals surface area contributed by atoms with Gasteiger partial charge in [-0.3, -0.25) is 4.99 Å². The summed E-state index contributed by atoms with van der Waals surface area (Å²) in [4.78, 5) is 3.99. The zero-order valence-corrected chi connectivity index (χ0v) is 5.65. The quantitative estimate of drug-likeness (QED) is 0.496. The molecule has 0 aromatic heterocycles. The van der Waals surface area contributed by atoms with E-state index in [2.05, 4.69) is 18.5 Å². The first-order chi connectivity index (χ1) is 3.77. The van der Waals surface area contributed by atoms with Crippen LogP contribution in [-0.4, -0.2) is 6.21 Å². The van der Waals surface area contributed by atoms with Crippen LogP contribution < -0.4 is 0 Å². The van der Waals surface area contributed by atoms with Gasteiger partial charge in [0.1, 0.15) is 0 Å². The van der Waals surface area contributed by atoms with Crippen LogP contribution in [0.1, 0.15) is 26.7 Å². The van der Waals surface area contributed by atoms with E-state index >= 15 is 0 Å². The second-order valence-corrected chi connectivity index (χ2v) is 1.84. The molecule has 0 aliphatic heterocycles. The van der Waals surface area contributed by atoms with Crippen molar-refractivity contribution in [2.45, 2.75) is 26.7 Å². The van der Waals surface area contributed by atoms with Crippen LogP contribution >= 0.6 is 0 Å². The van der Waals surface area contributed by atoms with Crippen molar-refractivity contribution in [3.8, 4) is 0 Å². The number of unbranched alkanes of at least 4 members (excludes halogenated alkanes) is 1. The average molecular weight is 111 g/mol. The van der Waals surface area contributed by atoms with Crippen molar-refractivity contribution in [1.29, 1.82) is 0 Å². The normalized spacial score (nSPS) is 10.2. The average Bonchev–Trinajstić information content (AvgIpc) is 1.66. The largest absolute Gasteiger partial charge is 0.267 e. The lowest BCUT2D eigenvalue weighted by molar-refractivity contribution is 1.01. The Labute approximate surface area is 51.1 Å². The predicted molar refractivity (Wildman–Crippen MR) is 38.2 cm³/mol. The molecule has 0 saturated carbocycles. The van der Waals surface area contributed by atoms with Gasteiger partial charge in [-0.2, -0.15) is 0 Å². The zero-order valence-electron chi connectivity index (χ0n) is 5.65. The number of allylic oxidation sites excluding steroid dienone is 1. The van der Waals surface area contributed by atoms with E-state index in [0.29, 0.717) is 0 Å². The van der Waals surface area contributed by atoms with Gasteiger partial charge in [-0.05, 0) is 13.3 Å². The van der Waals surface area contributed by atoms with Crippen LogP contribution in [0.5, 0.6) is 0 Å². The summed E-state index contributed by atoms with van der Waals surface area (Å²) in [7, 11) is 0. The molecule has 0 saturated heterocycles. The summed E-state index contributed by atoms with van der Waals surface area (Å²) >= 11 is 0. The number of hydrogen-bond acceptors (Lipinski definition) is 1. The van der Waals surface area contributed by atoms with Crippen molar-refractivity contribution in [2.24, 2.45) is 4.99 Å². The van der Waals surface area contributed by atoms with Crippen molar-refractivity contribution >= 4 is 6.21 Å². The van der Waals surface area contributed by atoms with Crippen molar-refractivity contribution in [3.63, 3.8) is 0 Å². The molecule has 0 spiro atoms. The second kappa shape index (κ2) is 4.57. The Bertz CT molecular complexity index is 92.6. The summed E-state index contributed by atoms with van der Waals surface area (Å²) in [5.74, 6) is 0. The van der Waals surface area contributed by atoms with Gasteiger partial charge in [0.05, 0.1) is 0 Å². The van der Waals surface area contributed by atoms with E-state index in [1.165, 1.54) is 0 Å². The third kappa shape index (κ3) is 5.41. The maximum Gasteiger partial charge on any atom is 0.0297 e. The van der Waals surface area contributed by atoms with Gasteiger partial charge < -0.3 is 0 Å². The molecule has 1 nitrogen and oxygen atoms in total. The fraction of sp³-hybridized carbons (Fsp3) is 0.571. The van der Waals surface area contributed by atoms with Gasteiger partial charge in [0.2, 0.25) is 0 Å². The van der Waals surface area contributed by atoms with E-state index in [0.717, 1.165) is 18.5 Å². The first-order valence-corrected chi connectivity index (χ1v) is 2.95. The van der Waals surface area contributed by atoms with Gasteiger partial charge in [-0.1, -0.05) is 19.9 Å². The van der Waals surface area contributed by atoms with Gasteiger partial charge in [0.25, 0.3) is 0 Å². The summed E-state index contributed by atoms with van der Waals surface area (Å²) in [6.45, 7) is 7.65. The SMILES string of the molecule is C=C(C)/N=C\CCC.